The van der Waals surface area contributed by atoms with Gasteiger partial charge >= 0.3 is 6.18 Å². The first-order chi connectivity index (χ1) is 8.07. The number of aryl methyl sites for hydroxylation is 1. The summed E-state index contributed by atoms with van der Waals surface area (Å²) in [6.45, 7) is 4.16. The zero-order valence-corrected chi connectivity index (χ0v) is 10.4. The van der Waals surface area contributed by atoms with Gasteiger partial charge in [-0.25, -0.2) is 0 Å². The number of anilines is 1. The van der Waals surface area contributed by atoms with Crippen LogP contribution in [-0.4, -0.2) is 17.6 Å². The summed E-state index contributed by atoms with van der Waals surface area (Å²) in [5.74, 6) is -1.27. The largest absolute Gasteiger partial charge is 0.415 e. The van der Waals surface area contributed by atoms with Crippen molar-refractivity contribution in [1.29, 1.82) is 0 Å². The van der Waals surface area contributed by atoms with Gasteiger partial charge in [0.1, 0.15) is 0 Å². The molecule has 1 rings (SSSR count). The predicted octanol–water partition coefficient (Wildman–Crippen LogP) is 2.52. The second-order valence-electron chi connectivity index (χ2n) is 4.40. The average Bonchev–Trinajstić information content (AvgIpc) is 2.23. The Bertz CT molecular complexity index is 467. The molecule has 3 N–H and O–H groups in total. The molecule has 3 nitrogen and oxygen atoms in total. The van der Waals surface area contributed by atoms with Gasteiger partial charge in [-0.2, -0.15) is 13.2 Å². The van der Waals surface area contributed by atoms with Crippen LogP contribution in [0.25, 0.3) is 0 Å². The van der Waals surface area contributed by atoms with Crippen molar-refractivity contribution >= 4 is 11.6 Å². The molecular weight excluding hydrogens is 245 g/mol. The van der Waals surface area contributed by atoms with Gasteiger partial charge in [0, 0.05) is 5.69 Å². The van der Waals surface area contributed by atoms with Crippen molar-refractivity contribution in [1.82, 2.24) is 0 Å². The lowest BCUT2D eigenvalue weighted by atomic mass is 10.0. The maximum Gasteiger partial charge on any atom is 0.415 e. The van der Waals surface area contributed by atoms with Crippen molar-refractivity contribution in [3.8, 4) is 0 Å². The molecule has 0 aliphatic carbocycles. The molecule has 100 valence electrons. The van der Waals surface area contributed by atoms with Gasteiger partial charge in [-0.3, -0.25) is 4.79 Å². The fraction of sp³-hybridized carbons (Fsp3) is 0.417. The second kappa shape index (κ2) is 4.61. The highest BCUT2D eigenvalue weighted by Gasteiger charge is 2.54. The number of amides is 1. The van der Waals surface area contributed by atoms with E-state index in [0.29, 0.717) is 18.2 Å². The SMILES string of the molecule is Cc1cccc(NC(=O)C(C)(N)C(F)(F)F)c1C. The standard InChI is InChI=1S/C12H15F3N2O/c1-7-5-4-6-9(8(7)2)17-10(18)11(3,16)12(13,14)15/h4-6H,16H2,1-3H3,(H,17,18). The molecule has 1 atom stereocenters. The van der Waals surface area contributed by atoms with Gasteiger partial charge in [0.05, 0.1) is 0 Å². The van der Waals surface area contributed by atoms with Crippen LogP contribution in [0.3, 0.4) is 0 Å². The maximum absolute atomic E-state index is 12.6. The molecular formula is C12H15F3N2O. The van der Waals surface area contributed by atoms with E-state index in [1.165, 1.54) is 6.07 Å². The van der Waals surface area contributed by atoms with E-state index in [9.17, 15) is 18.0 Å². The molecule has 0 radical (unpaired) electrons. The molecule has 0 spiro atoms. The molecule has 1 aromatic carbocycles. The highest BCUT2D eigenvalue weighted by Crippen LogP contribution is 2.29. The third-order valence-corrected chi connectivity index (χ3v) is 2.91. The number of nitrogens with one attached hydrogen (secondary N) is 1. The van der Waals surface area contributed by atoms with Crippen LogP contribution in [0.1, 0.15) is 18.1 Å². The van der Waals surface area contributed by atoms with Crippen molar-refractivity contribution in [2.75, 3.05) is 5.32 Å². The van der Waals surface area contributed by atoms with Crippen LogP contribution in [-0.2, 0) is 4.79 Å². The van der Waals surface area contributed by atoms with Crippen LogP contribution in [0.5, 0.6) is 0 Å². The summed E-state index contributed by atoms with van der Waals surface area (Å²) in [4.78, 5) is 11.6. The Kier molecular flexibility index (Phi) is 3.71. The second-order valence-corrected chi connectivity index (χ2v) is 4.40. The Labute approximate surface area is 103 Å². The minimum Gasteiger partial charge on any atom is -0.324 e. The lowest BCUT2D eigenvalue weighted by Gasteiger charge is -2.26. The van der Waals surface area contributed by atoms with Crippen LogP contribution in [0, 0.1) is 13.8 Å². The summed E-state index contributed by atoms with van der Waals surface area (Å²) < 4.78 is 37.7. The van der Waals surface area contributed by atoms with Crippen molar-refractivity contribution in [3.05, 3.63) is 29.3 Å². The zero-order valence-electron chi connectivity index (χ0n) is 10.4. The van der Waals surface area contributed by atoms with Gasteiger partial charge in [-0.15, -0.1) is 0 Å². The van der Waals surface area contributed by atoms with E-state index in [1.54, 1.807) is 26.0 Å². The highest BCUT2D eigenvalue weighted by molar-refractivity contribution is 5.98. The smallest absolute Gasteiger partial charge is 0.324 e. The molecule has 0 aliphatic heterocycles. The molecule has 0 heterocycles. The zero-order chi connectivity index (χ0) is 14.1. The summed E-state index contributed by atoms with van der Waals surface area (Å²) in [6, 6.07) is 4.99. The Hall–Kier alpha value is -1.56. The fourth-order valence-electron chi connectivity index (χ4n) is 1.27. The Morgan fingerprint density at radius 3 is 2.33 bits per heavy atom. The van der Waals surface area contributed by atoms with E-state index in [1.807, 2.05) is 0 Å². The first-order valence-corrected chi connectivity index (χ1v) is 5.30. The molecule has 0 bridgehead atoms. The number of nitrogens with two attached hydrogens (primary N) is 1. The number of carbonyl (C=O) groups excluding carboxylic acids is 1. The molecule has 1 unspecified atom stereocenters. The van der Waals surface area contributed by atoms with Crippen LogP contribution in [0.15, 0.2) is 18.2 Å². The number of carbonyl (C=O) groups is 1. The Morgan fingerprint density at radius 1 is 1.28 bits per heavy atom. The number of hydrogen-bond acceptors (Lipinski definition) is 2. The topological polar surface area (TPSA) is 55.1 Å². The molecule has 0 aliphatic rings. The summed E-state index contributed by atoms with van der Waals surface area (Å²) in [6.07, 6.45) is -4.80. The van der Waals surface area contributed by atoms with E-state index in [2.05, 4.69) is 5.32 Å². The molecule has 0 saturated heterocycles. The minimum atomic E-state index is -4.80. The minimum absolute atomic E-state index is 0.334. The van der Waals surface area contributed by atoms with Gasteiger partial charge in [-0.05, 0) is 38.0 Å². The van der Waals surface area contributed by atoms with Crippen molar-refractivity contribution < 1.29 is 18.0 Å². The molecule has 1 aromatic rings. The fourth-order valence-corrected chi connectivity index (χ4v) is 1.27. The van der Waals surface area contributed by atoms with Crippen molar-refractivity contribution in [3.63, 3.8) is 0 Å². The monoisotopic (exact) mass is 260 g/mol. The highest BCUT2D eigenvalue weighted by atomic mass is 19.4. The number of rotatable bonds is 2. The van der Waals surface area contributed by atoms with Crippen LogP contribution in [0.2, 0.25) is 0 Å². The lowest BCUT2D eigenvalue weighted by Crippen LogP contribution is -2.59. The average molecular weight is 260 g/mol. The van der Waals surface area contributed by atoms with Gasteiger partial charge < -0.3 is 11.1 Å². The molecule has 0 saturated carbocycles. The molecule has 18 heavy (non-hydrogen) atoms. The predicted molar refractivity (Wildman–Crippen MR) is 63.2 cm³/mol. The lowest BCUT2D eigenvalue weighted by molar-refractivity contribution is -0.184. The van der Waals surface area contributed by atoms with Gasteiger partial charge in [0.2, 0.25) is 0 Å². The Morgan fingerprint density at radius 2 is 1.83 bits per heavy atom. The quantitative estimate of drug-likeness (QED) is 0.858. The van der Waals surface area contributed by atoms with E-state index < -0.39 is 17.6 Å². The third-order valence-electron chi connectivity index (χ3n) is 2.91. The molecule has 1 amide bonds. The summed E-state index contributed by atoms with van der Waals surface area (Å²) >= 11 is 0. The normalized spacial score (nSPS) is 15.1. The van der Waals surface area contributed by atoms with E-state index >= 15 is 0 Å². The maximum atomic E-state index is 12.6. The van der Waals surface area contributed by atoms with E-state index in [4.69, 9.17) is 5.73 Å². The summed E-state index contributed by atoms with van der Waals surface area (Å²) in [5, 5.41) is 2.21. The first kappa shape index (κ1) is 14.5. The van der Waals surface area contributed by atoms with Crippen LogP contribution < -0.4 is 11.1 Å². The van der Waals surface area contributed by atoms with Gasteiger partial charge in [0.25, 0.3) is 5.91 Å². The molecule has 0 fully saturated rings. The van der Waals surface area contributed by atoms with Crippen molar-refractivity contribution in [2.24, 2.45) is 5.73 Å². The number of hydrogen-bond donors (Lipinski definition) is 2. The molecule has 0 aromatic heterocycles. The number of benzene rings is 1. The van der Waals surface area contributed by atoms with Crippen molar-refractivity contribution in [2.45, 2.75) is 32.5 Å². The number of halogens is 3. The molecule has 6 heteroatoms. The Balaban J connectivity index is 2.99. The number of alkyl halides is 3. The van der Waals surface area contributed by atoms with E-state index in [-0.39, 0.29) is 0 Å². The first-order valence-electron chi connectivity index (χ1n) is 5.30. The summed E-state index contributed by atoms with van der Waals surface area (Å²) in [7, 11) is 0. The van der Waals surface area contributed by atoms with Crippen LogP contribution in [0.4, 0.5) is 18.9 Å². The summed E-state index contributed by atoms with van der Waals surface area (Å²) in [5.41, 5.74) is 4.04. The van der Waals surface area contributed by atoms with Gasteiger partial charge in [0.15, 0.2) is 5.54 Å². The van der Waals surface area contributed by atoms with Gasteiger partial charge in [-0.1, -0.05) is 12.1 Å². The third kappa shape index (κ3) is 2.64. The van der Waals surface area contributed by atoms with Crippen LogP contribution >= 0.6 is 0 Å². The van der Waals surface area contributed by atoms with E-state index in [0.717, 1.165) is 5.56 Å².